The molecule has 102 valence electrons. The molecule has 1 aliphatic heterocycles. The number of nitrogens with two attached hydrogens (primary N) is 1. The number of nitrogens with zero attached hydrogens (tertiary/aromatic N) is 1. The summed E-state index contributed by atoms with van der Waals surface area (Å²) in [6.07, 6.45) is 0.781. The number of fused-ring (bicyclic) bond motifs is 1. The Bertz CT molecular complexity index is 721. The summed E-state index contributed by atoms with van der Waals surface area (Å²) >= 11 is 0. The maximum Gasteiger partial charge on any atom is 0.270 e. The lowest BCUT2D eigenvalue weighted by Crippen LogP contribution is -2.37. The third kappa shape index (κ3) is 2.18. The van der Waals surface area contributed by atoms with Crippen LogP contribution in [0.2, 0.25) is 0 Å². The predicted molar refractivity (Wildman–Crippen MR) is 76.4 cm³/mol. The first-order chi connectivity index (χ1) is 9.65. The van der Waals surface area contributed by atoms with Crippen LogP contribution in [0.15, 0.2) is 41.2 Å². The fourth-order valence-corrected chi connectivity index (χ4v) is 2.52. The maximum absolute atomic E-state index is 12.4. The van der Waals surface area contributed by atoms with Gasteiger partial charge in [-0.3, -0.25) is 9.59 Å². The molecule has 5 heteroatoms. The number of hydrogen-bond acceptors (Lipinski definition) is 3. The Hall–Kier alpha value is -2.56. The van der Waals surface area contributed by atoms with E-state index in [0.29, 0.717) is 24.5 Å². The zero-order valence-electron chi connectivity index (χ0n) is 10.9. The molecule has 5 nitrogen and oxygen atoms in total. The van der Waals surface area contributed by atoms with Crippen molar-refractivity contribution < 1.29 is 4.79 Å². The van der Waals surface area contributed by atoms with E-state index in [1.807, 2.05) is 18.2 Å². The number of hydrogen-bond donors (Lipinski definition) is 2. The number of amides is 1. The zero-order valence-corrected chi connectivity index (χ0v) is 10.9. The van der Waals surface area contributed by atoms with Crippen LogP contribution in [-0.2, 0) is 13.0 Å². The molecule has 0 fully saturated rings. The first-order valence-electron chi connectivity index (χ1n) is 6.50. The van der Waals surface area contributed by atoms with Gasteiger partial charge >= 0.3 is 0 Å². The van der Waals surface area contributed by atoms with Gasteiger partial charge in [0.15, 0.2) is 0 Å². The summed E-state index contributed by atoms with van der Waals surface area (Å²) in [5, 5.41) is 0. The number of aromatic nitrogens is 1. The van der Waals surface area contributed by atoms with E-state index in [0.717, 1.165) is 12.0 Å². The van der Waals surface area contributed by atoms with Gasteiger partial charge in [-0.15, -0.1) is 0 Å². The molecule has 0 saturated heterocycles. The molecule has 2 aromatic rings. The van der Waals surface area contributed by atoms with Crippen LogP contribution in [0, 0.1) is 0 Å². The second-order valence-electron chi connectivity index (χ2n) is 4.89. The van der Waals surface area contributed by atoms with Crippen molar-refractivity contribution in [2.45, 2.75) is 13.0 Å². The molecule has 3 N–H and O–H groups in total. The summed E-state index contributed by atoms with van der Waals surface area (Å²) in [5.74, 6) is -0.170. The van der Waals surface area contributed by atoms with Gasteiger partial charge in [0, 0.05) is 24.8 Å². The second-order valence-corrected chi connectivity index (χ2v) is 4.89. The number of rotatable bonds is 1. The van der Waals surface area contributed by atoms with Gasteiger partial charge in [-0.1, -0.05) is 18.2 Å². The number of H-pyrrole nitrogens is 1. The lowest BCUT2D eigenvalue weighted by Gasteiger charge is -2.29. The third-order valence-electron chi connectivity index (χ3n) is 3.60. The quantitative estimate of drug-likeness (QED) is 0.762. The molecule has 0 saturated carbocycles. The summed E-state index contributed by atoms with van der Waals surface area (Å²) in [6.45, 7) is 1.12. The van der Waals surface area contributed by atoms with Crippen LogP contribution >= 0.6 is 0 Å². The van der Waals surface area contributed by atoms with Crippen LogP contribution in [-0.4, -0.2) is 22.3 Å². The van der Waals surface area contributed by atoms with E-state index < -0.39 is 0 Å². The highest BCUT2D eigenvalue weighted by Crippen LogP contribution is 2.24. The topological polar surface area (TPSA) is 79.2 Å². The highest BCUT2D eigenvalue weighted by molar-refractivity contribution is 5.92. The largest absolute Gasteiger partial charge is 0.398 e. The van der Waals surface area contributed by atoms with Gasteiger partial charge < -0.3 is 15.6 Å². The Morgan fingerprint density at radius 1 is 1.20 bits per heavy atom. The van der Waals surface area contributed by atoms with Gasteiger partial charge in [0.1, 0.15) is 5.69 Å². The van der Waals surface area contributed by atoms with Crippen LogP contribution in [0.1, 0.15) is 21.6 Å². The van der Waals surface area contributed by atoms with Crippen molar-refractivity contribution in [2.24, 2.45) is 0 Å². The average molecular weight is 269 g/mol. The highest BCUT2D eigenvalue weighted by atomic mass is 16.2. The van der Waals surface area contributed by atoms with Gasteiger partial charge in [0.2, 0.25) is 5.56 Å². The van der Waals surface area contributed by atoms with Gasteiger partial charge in [-0.05, 0) is 29.7 Å². The standard InChI is InChI=1S/C15H15N3O2/c16-12-4-1-3-10-7-8-18(9-11(10)12)15(20)13-5-2-6-14(19)17-13/h1-6H,7-9,16H2,(H,17,19). The number of carbonyl (C=O) groups excluding carboxylic acids is 1. The van der Waals surface area contributed by atoms with Crippen LogP contribution in [0.4, 0.5) is 5.69 Å². The van der Waals surface area contributed by atoms with Crippen molar-refractivity contribution in [3.63, 3.8) is 0 Å². The molecule has 0 unspecified atom stereocenters. The number of pyridine rings is 1. The van der Waals surface area contributed by atoms with Crippen LogP contribution < -0.4 is 11.3 Å². The summed E-state index contributed by atoms with van der Waals surface area (Å²) < 4.78 is 0. The number of aromatic amines is 1. The van der Waals surface area contributed by atoms with E-state index in [1.54, 1.807) is 17.0 Å². The van der Waals surface area contributed by atoms with E-state index in [2.05, 4.69) is 4.98 Å². The molecular weight excluding hydrogens is 254 g/mol. The van der Waals surface area contributed by atoms with Crippen molar-refractivity contribution in [1.29, 1.82) is 0 Å². The van der Waals surface area contributed by atoms with Gasteiger partial charge in [-0.2, -0.15) is 0 Å². The van der Waals surface area contributed by atoms with E-state index >= 15 is 0 Å². The number of nitrogen functional groups attached to an aromatic ring is 1. The number of anilines is 1. The first-order valence-corrected chi connectivity index (χ1v) is 6.50. The Labute approximate surface area is 116 Å². The minimum atomic E-state index is -0.271. The summed E-state index contributed by atoms with van der Waals surface area (Å²) in [6, 6.07) is 10.4. The number of benzene rings is 1. The van der Waals surface area contributed by atoms with Crippen LogP contribution in [0.25, 0.3) is 0 Å². The van der Waals surface area contributed by atoms with Gasteiger partial charge in [0.25, 0.3) is 5.91 Å². The molecule has 0 aliphatic carbocycles. The molecule has 3 rings (SSSR count). The molecule has 0 atom stereocenters. The third-order valence-corrected chi connectivity index (χ3v) is 3.60. The second kappa shape index (κ2) is 4.85. The SMILES string of the molecule is Nc1cccc2c1CN(C(=O)c1cccc(=O)[nH]1)CC2. The van der Waals surface area contributed by atoms with Crippen molar-refractivity contribution in [3.8, 4) is 0 Å². The molecule has 2 heterocycles. The smallest absolute Gasteiger partial charge is 0.270 e. The molecular formula is C15H15N3O2. The normalized spacial score (nSPS) is 13.9. The molecule has 20 heavy (non-hydrogen) atoms. The van der Waals surface area contributed by atoms with Crippen LogP contribution in [0.5, 0.6) is 0 Å². The van der Waals surface area contributed by atoms with E-state index in [1.165, 1.54) is 11.6 Å². The molecule has 0 spiro atoms. The molecule has 1 aromatic carbocycles. The van der Waals surface area contributed by atoms with Crippen molar-refractivity contribution >= 4 is 11.6 Å². The predicted octanol–water partition coefficient (Wildman–Crippen LogP) is 1.16. The van der Waals surface area contributed by atoms with E-state index in [4.69, 9.17) is 5.73 Å². The fraction of sp³-hybridized carbons (Fsp3) is 0.200. The average Bonchev–Trinajstić information content (AvgIpc) is 2.47. The fourth-order valence-electron chi connectivity index (χ4n) is 2.52. The molecule has 1 amide bonds. The monoisotopic (exact) mass is 269 g/mol. The molecule has 0 radical (unpaired) electrons. The Kier molecular flexibility index (Phi) is 3.02. The Balaban J connectivity index is 1.89. The minimum Gasteiger partial charge on any atom is -0.398 e. The summed E-state index contributed by atoms with van der Waals surface area (Å²) in [5.41, 5.74) is 8.92. The van der Waals surface area contributed by atoms with E-state index in [-0.39, 0.29) is 11.5 Å². The van der Waals surface area contributed by atoms with E-state index in [9.17, 15) is 9.59 Å². The maximum atomic E-state index is 12.4. The van der Waals surface area contributed by atoms with Crippen molar-refractivity contribution in [2.75, 3.05) is 12.3 Å². The molecule has 1 aromatic heterocycles. The Morgan fingerprint density at radius 3 is 2.80 bits per heavy atom. The lowest BCUT2D eigenvalue weighted by molar-refractivity contribution is 0.0729. The summed E-state index contributed by atoms with van der Waals surface area (Å²) in [4.78, 5) is 27.9. The zero-order chi connectivity index (χ0) is 14.1. The highest BCUT2D eigenvalue weighted by Gasteiger charge is 2.23. The van der Waals surface area contributed by atoms with Crippen LogP contribution in [0.3, 0.4) is 0 Å². The number of nitrogens with one attached hydrogen (secondary N) is 1. The minimum absolute atomic E-state index is 0.170. The summed E-state index contributed by atoms with van der Waals surface area (Å²) in [7, 11) is 0. The first kappa shape index (κ1) is 12.5. The van der Waals surface area contributed by atoms with Crippen molar-refractivity contribution in [3.05, 3.63) is 63.6 Å². The lowest BCUT2D eigenvalue weighted by atomic mass is 9.98. The Morgan fingerprint density at radius 2 is 2.00 bits per heavy atom. The molecule has 0 bridgehead atoms. The van der Waals surface area contributed by atoms with Crippen molar-refractivity contribution in [1.82, 2.24) is 9.88 Å². The van der Waals surface area contributed by atoms with Gasteiger partial charge in [0.05, 0.1) is 0 Å². The van der Waals surface area contributed by atoms with Gasteiger partial charge in [-0.25, -0.2) is 0 Å². The number of carbonyl (C=O) groups is 1. The molecule has 1 aliphatic rings.